The molecule has 0 radical (unpaired) electrons. The van der Waals surface area contributed by atoms with Gasteiger partial charge in [0.15, 0.2) is 34.4 Å². The quantitative estimate of drug-likeness (QED) is 0.186. The predicted molar refractivity (Wildman–Crippen MR) is 206 cm³/mol. The standard InChI is InChI=1S/C46H27N3O3/c1-2-11-28(12-3-1)31-13-8-14-32(27-31)41-45-42(34-15-4-6-19-37(34)51-45)48-46(47-41)30-25-23-29(24-26-30)33-16-9-18-36-44(33)52-40-22-10-21-39-43(40)49(36)35-17-5-7-20-38(35)50-39/h1-27H. The van der Waals surface area contributed by atoms with E-state index in [0.717, 1.165) is 95.6 Å². The van der Waals surface area contributed by atoms with Crippen LogP contribution in [0.4, 0.5) is 17.1 Å². The summed E-state index contributed by atoms with van der Waals surface area (Å²) in [5, 5.41) is 0.958. The highest BCUT2D eigenvalue weighted by molar-refractivity contribution is 6.07. The van der Waals surface area contributed by atoms with Crippen LogP contribution in [0.2, 0.25) is 0 Å². The van der Waals surface area contributed by atoms with Gasteiger partial charge in [-0.2, -0.15) is 0 Å². The molecule has 2 aliphatic rings. The summed E-state index contributed by atoms with van der Waals surface area (Å²) in [6, 6.07) is 55.6. The number of ether oxygens (including phenoxy) is 2. The Kier molecular flexibility index (Phi) is 6.15. The largest absolute Gasteiger partial charge is 0.453 e. The molecule has 2 aliphatic heterocycles. The van der Waals surface area contributed by atoms with Crippen molar-refractivity contribution in [3.8, 4) is 67.9 Å². The Labute approximate surface area is 298 Å². The van der Waals surface area contributed by atoms with Gasteiger partial charge in [-0.3, -0.25) is 4.90 Å². The number of hydrogen-bond acceptors (Lipinski definition) is 6. The van der Waals surface area contributed by atoms with Crippen LogP contribution >= 0.6 is 0 Å². The van der Waals surface area contributed by atoms with Gasteiger partial charge < -0.3 is 13.9 Å². The van der Waals surface area contributed by atoms with Crippen LogP contribution in [0.3, 0.4) is 0 Å². The van der Waals surface area contributed by atoms with Crippen LogP contribution < -0.4 is 14.4 Å². The maximum Gasteiger partial charge on any atom is 0.180 e. The molecule has 6 heteroatoms. The molecule has 0 unspecified atom stereocenters. The number of furan rings is 1. The van der Waals surface area contributed by atoms with Crippen LogP contribution in [0, 0.1) is 0 Å². The van der Waals surface area contributed by atoms with E-state index in [1.54, 1.807) is 0 Å². The van der Waals surface area contributed by atoms with E-state index in [0.29, 0.717) is 11.4 Å². The SMILES string of the molecule is c1ccc(-c2cccc(-c3nc(-c4ccc(-c5cccc6c5Oc5cccc7c5N6c5ccccc5O7)cc4)nc4c3oc3ccccc34)c2)cc1. The average molecular weight is 670 g/mol. The van der Waals surface area contributed by atoms with E-state index in [-0.39, 0.29) is 0 Å². The Bertz CT molecular complexity index is 2860. The van der Waals surface area contributed by atoms with Crippen LogP contribution in [-0.2, 0) is 0 Å². The molecular formula is C46H27N3O3. The molecule has 0 fully saturated rings. The zero-order valence-corrected chi connectivity index (χ0v) is 27.7. The third-order valence-corrected chi connectivity index (χ3v) is 9.88. The van der Waals surface area contributed by atoms with Gasteiger partial charge in [-0.1, -0.05) is 115 Å². The topological polar surface area (TPSA) is 60.6 Å². The van der Waals surface area contributed by atoms with Gasteiger partial charge in [0.25, 0.3) is 0 Å². The third kappa shape index (κ3) is 4.38. The molecule has 0 saturated heterocycles. The summed E-state index contributed by atoms with van der Waals surface area (Å²) in [5.74, 6) is 3.75. The van der Waals surface area contributed by atoms with Gasteiger partial charge in [-0.25, -0.2) is 9.97 Å². The molecule has 0 bridgehead atoms. The zero-order valence-electron chi connectivity index (χ0n) is 27.7. The second-order valence-corrected chi connectivity index (χ2v) is 13.0. The van der Waals surface area contributed by atoms with E-state index in [2.05, 4.69) is 108 Å². The van der Waals surface area contributed by atoms with Gasteiger partial charge in [0.1, 0.15) is 22.5 Å². The molecule has 9 aromatic rings. The molecule has 0 aliphatic carbocycles. The first-order valence-electron chi connectivity index (χ1n) is 17.2. The molecule has 52 heavy (non-hydrogen) atoms. The first-order chi connectivity index (χ1) is 25.8. The second-order valence-electron chi connectivity index (χ2n) is 13.0. The molecule has 6 nitrogen and oxygen atoms in total. The van der Waals surface area contributed by atoms with Crippen molar-refractivity contribution in [1.29, 1.82) is 0 Å². The molecule has 0 saturated carbocycles. The van der Waals surface area contributed by atoms with Crippen molar-refractivity contribution in [3.05, 3.63) is 164 Å². The van der Waals surface area contributed by atoms with Gasteiger partial charge >= 0.3 is 0 Å². The van der Waals surface area contributed by atoms with E-state index < -0.39 is 0 Å². The Hall–Kier alpha value is -7.18. The second kappa shape index (κ2) is 11.2. The van der Waals surface area contributed by atoms with Crippen molar-refractivity contribution in [1.82, 2.24) is 9.97 Å². The summed E-state index contributed by atoms with van der Waals surface area (Å²) in [7, 11) is 0. The molecule has 11 rings (SSSR count). The summed E-state index contributed by atoms with van der Waals surface area (Å²) < 4.78 is 19.4. The van der Waals surface area contributed by atoms with Gasteiger partial charge in [-0.05, 0) is 65.2 Å². The van der Waals surface area contributed by atoms with Gasteiger partial charge in [-0.15, -0.1) is 0 Å². The van der Waals surface area contributed by atoms with E-state index in [1.807, 2.05) is 60.7 Å². The lowest BCUT2D eigenvalue weighted by Crippen LogP contribution is -2.20. The number of benzene rings is 7. The van der Waals surface area contributed by atoms with Crippen molar-refractivity contribution in [2.24, 2.45) is 0 Å². The molecule has 244 valence electrons. The van der Waals surface area contributed by atoms with Crippen LogP contribution in [0.15, 0.2) is 168 Å². The Morgan fingerprint density at radius 2 is 1.13 bits per heavy atom. The predicted octanol–water partition coefficient (Wildman–Crippen LogP) is 12.7. The lowest BCUT2D eigenvalue weighted by molar-refractivity contribution is 0.447. The van der Waals surface area contributed by atoms with Crippen molar-refractivity contribution >= 4 is 39.1 Å². The molecule has 0 atom stereocenters. The molecule has 2 aromatic heterocycles. The molecular weight excluding hydrogens is 643 g/mol. The molecule has 0 N–H and O–H groups in total. The molecule has 4 heterocycles. The Morgan fingerprint density at radius 3 is 2.04 bits per heavy atom. The molecule has 7 aromatic carbocycles. The minimum atomic E-state index is 0.628. The van der Waals surface area contributed by atoms with Gasteiger partial charge in [0.05, 0.1) is 11.4 Å². The number of aromatic nitrogens is 2. The first kappa shape index (κ1) is 28.6. The maximum atomic E-state index is 6.67. The minimum absolute atomic E-state index is 0.628. The van der Waals surface area contributed by atoms with E-state index in [1.165, 1.54) is 0 Å². The maximum absolute atomic E-state index is 6.67. The lowest BCUT2D eigenvalue weighted by Gasteiger charge is -2.38. The number of anilines is 3. The molecule has 0 amide bonds. The number of hydrogen-bond donors (Lipinski definition) is 0. The average Bonchev–Trinajstić information content (AvgIpc) is 3.59. The fourth-order valence-corrected chi connectivity index (χ4v) is 7.44. The fourth-order valence-electron chi connectivity index (χ4n) is 7.44. The van der Waals surface area contributed by atoms with Crippen molar-refractivity contribution in [2.75, 3.05) is 4.90 Å². The molecule has 0 spiro atoms. The van der Waals surface area contributed by atoms with Crippen LogP contribution in [0.1, 0.15) is 0 Å². The van der Waals surface area contributed by atoms with Crippen molar-refractivity contribution in [2.45, 2.75) is 0 Å². The smallest absolute Gasteiger partial charge is 0.180 e. The number of rotatable bonds is 4. The number of nitrogens with zero attached hydrogens (tertiary/aromatic N) is 3. The van der Waals surface area contributed by atoms with E-state index in [4.69, 9.17) is 23.9 Å². The van der Waals surface area contributed by atoms with E-state index in [9.17, 15) is 0 Å². The Balaban J connectivity index is 1.03. The van der Waals surface area contributed by atoms with Crippen LogP contribution in [-0.4, -0.2) is 9.97 Å². The van der Waals surface area contributed by atoms with Crippen LogP contribution in [0.5, 0.6) is 23.0 Å². The summed E-state index contributed by atoms with van der Waals surface area (Å²) >= 11 is 0. The van der Waals surface area contributed by atoms with Crippen LogP contribution in [0.25, 0.3) is 67.0 Å². The summed E-state index contributed by atoms with van der Waals surface area (Å²) in [6.07, 6.45) is 0. The fraction of sp³-hybridized carbons (Fsp3) is 0. The highest BCUT2D eigenvalue weighted by atomic mass is 16.5. The Morgan fingerprint density at radius 1 is 0.462 bits per heavy atom. The minimum Gasteiger partial charge on any atom is -0.453 e. The highest BCUT2D eigenvalue weighted by Crippen LogP contribution is 2.60. The summed E-state index contributed by atoms with van der Waals surface area (Å²) in [5.41, 5.74) is 12.0. The monoisotopic (exact) mass is 669 g/mol. The summed E-state index contributed by atoms with van der Waals surface area (Å²) in [6.45, 7) is 0. The van der Waals surface area contributed by atoms with E-state index >= 15 is 0 Å². The summed E-state index contributed by atoms with van der Waals surface area (Å²) in [4.78, 5) is 12.5. The first-order valence-corrected chi connectivity index (χ1v) is 17.2. The lowest BCUT2D eigenvalue weighted by atomic mass is 9.99. The highest BCUT2D eigenvalue weighted by Gasteiger charge is 2.35. The normalized spacial score (nSPS) is 12.5. The zero-order chi connectivity index (χ0) is 34.2. The third-order valence-electron chi connectivity index (χ3n) is 9.88. The van der Waals surface area contributed by atoms with Crippen molar-refractivity contribution in [3.63, 3.8) is 0 Å². The number of para-hydroxylation sites is 5. The van der Waals surface area contributed by atoms with Gasteiger partial charge in [0, 0.05) is 22.1 Å². The van der Waals surface area contributed by atoms with Crippen molar-refractivity contribution < 1.29 is 13.9 Å². The van der Waals surface area contributed by atoms with Gasteiger partial charge in [0.2, 0.25) is 0 Å². The number of fused-ring (bicyclic) bond motifs is 7.